The standard InChI is InChI=1S/C24H26N10O3/c1-32-20-8-5-16(11-19(20)30-31-32)14-34-23(35)29-22(26-10-9-17-12-27-21(25)28-17)33(24(34)36)13-15-3-6-18(37-2)7-4-15/h3-8,11-12H,9-10,13-14H2,1-2H3,(H3,25,27,28)(H,26,29,35). The van der Waals surface area contributed by atoms with Gasteiger partial charge in [-0.2, -0.15) is 4.98 Å². The lowest BCUT2D eigenvalue weighted by Crippen LogP contribution is -2.43. The molecule has 3 aromatic heterocycles. The van der Waals surface area contributed by atoms with Crippen LogP contribution in [0, 0.1) is 0 Å². The highest BCUT2D eigenvalue weighted by Crippen LogP contribution is 2.15. The number of hydrogen-bond donors (Lipinski definition) is 3. The first-order chi connectivity index (χ1) is 17.9. The van der Waals surface area contributed by atoms with E-state index in [1.54, 1.807) is 25.0 Å². The third-order valence-corrected chi connectivity index (χ3v) is 5.99. The van der Waals surface area contributed by atoms with E-state index in [0.29, 0.717) is 30.2 Å². The van der Waals surface area contributed by atoms with Crippen LogP contribution in [0.15, 0.2) is 58.3 Å². The van der Waals surface area contributed by atoms with Crippen LogP contribution in [-0.4, -0.2) is 52.7 Å². The Labute approximate surface area is 210 Å². The molecule has 5 rings (SSSR count). The Morgan fingerprint density at radius 1 is 1.05 bits per heavy atom. The van der Waals surface area contributed by atoms with Crippen LogP contribution in [0.1, 0.15) is 16.8 Å². The molecule has 0 radical (unpaired) electrons. The molecule has 5 aromatic rings. The number of nitrogen functional groups attached to an aromatic ring is 1. The largest absolute Gasteiger partial charge is 0.497 e. The monoisotopic (exact) mass is 502 g/mol. The van der Waals surface area contributed by atoms with Gasteiger partial charge < -0.3 is 20.8 Å². The van der Waals surface area contributed by atoms with Crippen molar-refractivity contribution in [3.05, 3.63) is 86.5 Å². The molecule has 0 saturated carbocycles. The van der Waals surface area contributed by atoms with Crippen LogP contribution in [0.5, 0.6) is 5.75 Å². The van der Waals surface area contributed by atoms with Gasteiger partial charge in [0.15, 0.2) is 5.95 Å². The predicted molar refractivity (Wildman–Crippen MR) is 138 cm³/mol. The van der Waals surface area contributed by atoms with Crippen molar-refractivity contribution in [1.82, 2.24) is 39.1 Å². The summed E-state index contributed by atoms with van der Waals surface area (Å²) < 4.78 is 9.45. The number of nitrogens with two attached hydrogens (primary N) is 1. The molecule has 0 fully saturated rings. The molecule has 0 aliphatic heterocycles. The van der Waals surface area contributed by atoms with Crippen LogP contribution < -0.4 is 27.2 Å². The van der Waals surface area contributed by atoms with Crippen molar-refractivity contribution in [1.29, 1.82) is 0 Å². The second kappa shape index (κ2) is 9.97. The smallest absolute Gasteiger partial charge is 0.355 e. The number of methoxy groups -OCH3 is 1. The van der Waals surface area contributed by atoms with Gasteiger partial charge in [0, 0.05) is 25.7 Å². The Bertz CT molecular complexity index is 1660. The van der Waals surface area contributed by atoms with E-state index in [4.69, 9.17) is 10.5 Å². The summed E-state index contributed by atoms with van der Waals surface area (Å²) in [5.74, 6) is 1.21. The maximum Gasteiger partial charge on any atom is 0.355 e. The number of nitrogens with zero attached hydrogens (tertiary/aromatic N) is 7. The Hall–Kier alpha value is -4.94. The van der Waals surface area contributed by atoms with Gasteiger partial charge in [-0.25, -0.2) is 23.8 Å². The van der Waals surface area contributed by atoms with Crippen molar-refractivity contribution in [2.45, 2.75) is 19.5 Å². The first-order valence-corrected chi connectivity index (χ1v) is 11.6. The number of anilines is 2. The minimum Gasteiger partial charge on any atom is -0.497 e. The molecule has 4 N–H and O–H groups in total. The number of imidazole rings is 1. The zero-order valence-corrected chi connectivity index (χ0v) is 20.4. The van der Waals surface area contributed by atoms with Gasteiger partial charge in [-0.3, -0.25) is 4.57 Å². The molecule has 190 valence electrons. The van der Waals surface area contributed by atoms with Crippen LogP contribution >= 0.6 is 0 Å². The maximum atomic E-state index is 13.6. The SMILES string of the molecule is COc1ccc(Cn2c(NCCc3cnc(N)[nH]3)nc(=O)n(Cc3ccc4c(c3)nnn4C)c2=O)cc1. The Morgan fingerprint density at radius 3 is 2.54 bits per heavy atom. The quantitative estimate of drug-likeness (QED) is 0.264. The second-order valence-electron chi connectivity index (χ2n) is 8.53. The molecule has 0 amide bonds. The van der Waals surface area contributed by atoms with Crippen molar-refractivity contribution >= 4 is 22.9 Å². The third kappa shape index (κ3) is 5.05. The predicted octanol–water partition coefficient (Wildman–Crippen LogP) is 0.752. The summed E-state index contributed by atoms with van der Waals surface area (Å²) in [4.78, 5) is 37.7. The van der Waals surface area contributed by atoms with Crippen LogP contribution in [0.25, 0.3) is 11.0 Å². The molecular weight excluding hydrogens is 476 g/mol. The van der Waals surface area contributed by atoms with E-state index in [1.165, 1.54) is 4.57 Å². The van der Waals surface area contributed by atoms with Crippen LogP contribution in [0.3, 0.4) is 0 Å². The number of fused-ring (bicyclic) bond motifs is 1. The van der Waals surface area contributed by atoms with Gasteiger partial charge in [0.2, 0.25) is 5.95 Å². The molecule has 0 bridgehead atoms. The number of H-pyrrole nitrogens is 1. The van der Waals surface area contributed by atoms with Crippen LogP contribution in [-0.2, 0) is 26.6 Å². The minimum absolute atomic E-state index is 0.0491. The van der Waals surface area contributed by atoms with Crippen molar-refractivity contribution in [2.75, 3.05) is 24.7 Å². The average molecular weight is 503 g/mol. The number of hydrogen-bond acceptors (Lipinski definition) is 9. The van der Waals surface area contributed by atoms with E-state index in [9.17, 15) is 9.59 Å². The number of aryl methyl sites for hydroxylation is 1. The lowest BCUT2D eigenvalue weighted by molar-refractivity contribution is 0.414. The summed E-state index contributed by atoms with van der Waals surface area (Å²) in [7, 11) is 3.39. The molecule has 0 saturated heterocycles. The van der Waals surface area contributed by atoms with Gasteiger partial charge >= 0.3 is 11.4 Å². The van der Waals surface area contributed by atoms with E-state index in [1.807, 2.05) is 42.5 Å². The summed E-state index contributed by atoms with van der Waals surface area (Å²) >= 11 is 0. The van der Waals surface area contributed by atoms with Crippen molar-refractivity contribution in [3.63, 3.8) is 0 Å². The van der Waals surface area contributed by atoms with Crippen molar-refractivity contribution < 1.29 is 4.74 Å². The van der Waals surface area contributed by atoms with E-state index >= 15 is 0 Å². The third-order valence-electron chi connectivity index (χ3n) is 5.99. The number of rotatable bonds is 9. The Balaban J connectivity index is 1.47. The maximum absolute atomic E-state index is 13.6. The lowest BCUT2D eigenvalue weighted by Gasteiger charge is -2.16. The number of aromatic nitrogens is 8. The number of nitrogens with one attached hydrogen (secondary N) is 2. The number of ether oxygens (including phenoxy) is 1. The van der Waals surface area contributed by atoms with Crippen LogP contribution in [0.4, 0.5) is 11.9 Å². The molecule has 0 spiro atoms. The fourth-order valence-electron chi connectivity index (χ4n) is 4.04. The molecule has 0 aliphatic rings. The van der Waals surface area contributed by atoms with Gasteiger partial charge in [0.25, 0.3) is 0 Å². The zero-order valence-electron chi connectivity index (χ0n) is 20.4. The van der Waals surface area contributed by atoms with Gasteiger partial charge in [-0.1, -0.05) is 23.4 Å². The van der Waals surface area contributed by atoms with Crippen molar-refractivity contribution in [2.24, 2.45) is 7.05 Å². The number of aromatic amines is 1. The molecule has 13 heteroatoms. The first kappa shape index (κ1) is 23.8. The first-order valence-electron chi connectivity index (χ1n) is 11.6. The molecule has 0 aliphatic carbocycles. The topological polar surface area (TPSA) is 164 Å². The summed E-state index contributed by atoms with van der Waals surface area (Å²) in [5, 5.41) is 11.2. The van der Waals surface area contributed by atoms with Crippen molar-refractivity contribution in [3.8, 4) is 5.75 Å². The van der Waals surface area contributed by atoms with E-state index in [0.717, 1.165) is 26.9 Å². The molecule has 0 unspecified atom stereocenters. The summed E-state index contributed by atoms with van der Waals surface area (Å²) in [6.45, 7) is 0.662. The molecule has 0 atom stereocenters. The van der Waals surface area contributed by atoms with Gasteiger partial charge in [-0.05, 0) is 35.4 Å². The summed E-state index contributed by atoms with van der Waals surface area (Å²) in [6.07, 6.45) is 2.19. The fraction of sp³-hybridized carbons (Fsp3) is 0.250. The highest BCUT2D eigenvalue weighted by Gasteiger charge is 2.15. The molecule has 13 nitrogen and oxygen atoms in total. The van der Waals surface area contributed by atoms with Gasteiger partial charge in [0.05, 0.1) is 31.9 Å². The highest BCUT2D eigenvalue weighted by atomic mass is 16.5. The highest BCUT2D eigenvalue weighted by molar-refractivity contribution is 5.74. The molecular formula is C24H26N10O3. The van der Waals surface area contributed by atoms with Gasteiger partial charge in [-0.15, -0.1) is 5.10 Å². The normalized spacial score (nSPS) is 11.2. The van der Waals surface area contributed by atoms with E-state index in [2.05, 4.69) is 30.6 Å². The fourth-order valence-corrected chi connectivity index (χ4v) is 4.04. The molecule has 2 aromatic carbocycles. The minimum atomic E-state index is -0.650. The zero-order chi connectivity index (χ0) is 25.9. The van der Waals surface area contributed by atoms with Crippen LogP contribution in [0.2, 0.25) is 0 Å². The van der Waals surface area contributed by atoms with E-state index < -0.39 is 11.4 Å². The Morgan fingerprint density at radius 2 is 1.81 bits per heavy atom. The average Bonchev–Trinajstić information content (AvgIpc) is 3.49. The molecule has 37 heavy (non-hydrogen) atoms. The number of benzene rings is 2. The Kier molecular flexibility index (Phi) is 6.41. The lowest BCUT2D eigenvalue weighted by atomic mass is 10.2. The van der Waals surface area contributed by atoms with E-state index in [-0.39, 0.29) is 19.0 Å². The summed E-state index contributed by atoms with van der Waals surface area (Å²) in [5.41, 5.74) is 8.44. The summed E-state index contributed by atoms with van der Waals surface area (Å²) in [6, 6.07) is 12.9. The second-order valence-corrected chi connectivity index (χ2v) is 8.53. The molecule has 3 heterocycles. The van der Waals surface area contributed by atoms with Gasteiger partial charge in [0.1, 0.15) is 11.3 Å².